The molecular formula is C42H29Cl5F8N4O9S2. The van der Waals surface area contributed by atoms with E-state index in [0.29, 0.717) is 16.4 Å². The van der Waals surface area contributed by atoms with E-state index in [1.807, 2.05) is 4.72 Å². The normalized spacial score (nSPS) is 11.7. The molecule has 0 unspecified atom stereocenters. The Bertz CT molecular complexity index is 3190. The Morgan fingerprint density at radius 2 is 1.07 bits per heavy atom. The average Bonchev–Trinajstić information content (AvgIpc) is 3.27. The van der Waals surface area contributed by atoms with Crippen LogP contribution in [0.5, 0.6) is 11.5 Å². The highest BCUT2D eigenvalue weighted by atomic mass is 35.5. The van der Waals surface area contributed by atoms with E-state index in [1.54, 1.807) is 0 Å². The predicted octanol–water partition coefficient (Wildman–Crippen LogP) is 11.6. The molecule has 0 atom stereocenters. The number of benzene rings is 4. The lowest BCUT2D eigenvalue weighted by Gasteiger charge is -2.25. The van der Waals surface area contributed by atoms with Gasteiger partial charge < -0.3 is 14.2 Å². The Kier molecular flexibility index (Phi) is 18.5. The Labute approximate surface area is 418 Å². The van der Waals surface area contributed by atoms with Crippen molar-refractivity contribution < 1.29 is 75.8 Å². The van der Waals surface area contributed by atoms with E-state index in [-0.39, 0.29) is 45.1 Å². The summed E-state index contributed by atoms with van der Waals surface area (Å²) in [6.45, 7) is -0.741. The summed E-state index contributed by atoms with van der Waals surface area (Å²) in [4.78, 5) is 32.5. The van der Waals surface area contributed by atoms with Crippen LogP contribution in [0, 0.1) is 11.6 Å². The average molecular weight is 1130 g/mol. The molecule has 0 aliphatic rings. The van der Waals surface area contributed by atoms with Crippen molar-refractivity contribution in [2.45, 2.75) is 22.1 Å². The first-order valence-electron chi connectivity index (χ1n) is 18.5. The van der Waals surface area contributed by atoms with Gasteiger partial charge in [-0.25, -0.2) is 39.9 Å². The van der Waals surface area contributed by atoms with Crippen molar-refractivity contribution in [3.8, 4) is 11.5 Å². The number of hydrogen-bond acceptors (Lipinski definition) is 11. The number of carbonyl (C=O) groups is 2. The van der Waals surface area contributed by atoms with E-state index in [4.69, 9.17) is 60.6 Å². The highest BCUT2D eigenvalue weighted by Crippen LogP contribution is 2.39. The third-order valence-electron chi connectivity index (χ3n) is 9.08. The van der Waals surface area contributed by atoms with Crippen molar-refractivity contribution in [3.63, 3.8) is 0 Å². The summed E-state index contributed by atoms with van der Waals surface area (Å²) in [6.07, 6.45) is -7.76. The molecule has 374 valence electrons. The molecule has 4 aromatic carbocycles. The molecule has 28 heteroatoms. The lowest BCUT2D eigenvalue weighted by atomic mass is 10.0. The second kappa shape index (κ2) is 22.7. The molecule has 0 bridgehead atoms. The van der Waals surface area contributed by atoms with Crippen LogP contribution in [0.25, 0.3) is 0 Å². The van der Waals surface area contributed by atoms with Crippen LogP contribution < -0.4 is 18.5 Å². The molecule has 0 spiro atoms. The fourth-order valence-electron chi connectivity index (χ4n) is 5.95. The number of pyridine rings is 2. The second-order valence-corrected chi connectivity index (χ2v) is 18.8. The number of ether oxygens (including phenoxy) is 3. The van der Waals surface area contributed by atoms with E-state index in [9.17, 15) is 61.5 Å². The lowest BCUT2D eigenvalue weighted by Crippen LogP contribution is -2.34. The molecule has 0 saturated heterocycles. The number of rotatable bonds is 14. The second-order valence-electron chi connectivity index (χ2n) is 13.6. The summed E-state index contributed by atoms with van der Waals surface area (Å²) in [7, 11) is -5.86. The monoisotopic (exact) mass is 1120 g/mol. The number of carbonyl (C=O) groups excluding carboxylic acids is 2. The summed E-state index contributed by atoms with van der Waals surface area (Å²) < 4.78 is 177. The number of aromatic nitrogens is 2. The van der Waals surface area contributed by atoms with Gasteiger partial charge in [0.25, 0.3) is 20.0 Å². The molecule has 0 aliphatic heterocycles. The highest BCUT2D eigenvalue weighted by Gasteiger charge is 2.38. The SMILES string of the molecule is COCN(c1cc(Cl)cnc1C(=O)c1cc(F)ccc1OC)S(=O)(=O)c1ccc(Cl)c(C(F)(F)F)c1.COc1ccc(F)cc1C(=O)c1ncc(Cl)cc1NS(=O)(=O)c1ccc(Cl)c(C(F)(F)F)c1.Cl. The minimum absolute atomic E-state index is 0. The van der Waals surface area contributed by atoms with E-state index in [1.165, 1.54) is 26.4 Å². The molecule has 6 aromatic rings. The molecule has 0 amide bonds. The largest absolute Gasteiger partial charge is 0.496 e. The van der Waals surface area contributed by atoms with Crippen LogP contribution in [-0.2, 0) is 37.1 Å². The van der Waals surface area contributed by atoms with Crippen LogP contribution in [-0.4, -0.2) is 66.4 Å². The summed E-state index contributed by atoms with van der Waals surface area (Å²) >= 11 is 23.0. The molecule has 0 radical (unpaired) electrons. The molecular weight excluding hydrogens is 1100 g/mol. The maximum atomic E-state index is 13.9. The fraction of sp³-hybridized carbons (Fsp3) is 0.143. The number of nitrogens with zero attached hydrogens (tertiary/aromatic N) is 3. The fourth-order valence-corrected chi connectivity index (χ4v) is 9.20. The van der Waals surface area contributed by atoms with Gasteiger partial charge in [-0.05, 0) is 84.9 Å². The van der Waals surface area contributed by atoms with Gasteiger partial charge in [-0.1, -0.05) is 46.4 Å². The molecule has 1 N–H and O–H groups in total. The minimum Gasteiger partial charge on any atom is -0.496 e. The first kappa shape index (κ1) is 57.1. The van der Waals surface area contributed by atoms with E-state index in [2.05, 4.69) is 9.97 Å². The number of sulfonamides is 2. The number of halogens is 13. The van der Waals surface area contributed by atoms with Crippen LogP contribution in [0.15, 0.2) is 107 Å². The lowest BCUT2D eigenvalue weighted by molar-refractivity contribution is -0.138. The molecule has 0 saturated carbocycles. The van der Waals surface area contributed by atoms with Gasteiger partial charge in [0.1, 0.15) is 41.3 Å². The van der Waals surface area contributed by atoms with E-state index < -0.39 is 116 Å². The minimum atomic E-state index is -4.94. The Morgan fingerprint density at radius 3 is 1.54 bits per heavy atom. The maximum Gasteiger partial charge on any atom is 0.417 e. The Balaban J connectivity index is 0.000000301. The number of methoxy groups -OCH3 is 3. The van der Waals surface area contributed by atoms with Gasteiger partial charge in [0.15, 0.2) is 0 Å². The van der Waals surface area contributed by atoms with Crippen LogP contribution in [0.2, 0.25) is 20.1 Å². The predicted molar refractivity (Wildman–Crippen MR) is 244 cm³/mol. The molecule has 0 aliphatic carbocycles. The van der Waals surface area contributed by atoms with E-state index in [0.717, 1.165) is 80.2 Å². The first-order valence-corrected chi connectivity index (χ1v) is 22.9. The first-order chi connectivity index (χ1) is 32.1. The number of anilines is 2. The molecule has 0 fully saturated rings. The zero-order valence-corrected chi connectivity index (χ0v) is 40.7. The highest BCUT2D eigenvalue weighted by molar-refractivity contribution is 7.93. The number of alkyl halides is 6. The van der Waals surface area contributed by atoms with Crippen molar-refractivity contribution in [3.05, 3.63) is 163 Å². The van der Waals surface area contributed by atoms with Crippen molar-refractivity contribution >= 4 is 102 Å². The van der Waals surface area contributed by atoms with Gasteiger partial charge >= 0.3 is 12.4 Å². The van der Waals surface area contributed by atoms with Gasteiger partial charge in [-0.2, -0.15) is 26.3 Å². The quantitative estimate of drug-likeness (QED) is 0.0625. The number of nitrogens with one attached hydrogen (secondary N) is 1. The third kappa shape index (κ3) is 13.1. The Hall–Kier alpha value is -5.53. The van der Waals surface area contributed by atoms with Crippen LogP contribution in [0.3, 0.4) is 0 Å². The standard InChI is InChI=1S/C22H16Cl2F4N2O5S.C20H12Cl2F4N2O4S.ClH/c1-34-11-30(36(32,33)14-4-5-17(24)16(9-14)22(26,27)28)18-7-12(23)10-29-20(18)21(31)15-8-13(25)3-6-19(15)35-2;1-32-17-5-2-11(23)7-13(17)19(29)18-16(6-10(21)9-27-18)28-33(30,31)12-3-4-15(22)14(8-12)20(24,25)26;/h3-10H,11H2,1-2H3;2-9,28H,1H3;1H. The summed E-state index contributed by atoms with van der Waals surface area (Å²) in [5.74, 6) is -3.46. The molecule has 2 heterocycles. The zero-order chi connectivity index (χ0) is 51.4. The summed E-state index contributed by atoms with van der Waals surface area (Å²) in [5, 5.41) is -1.59. The smallest absolute Gasteiger partial charge is 0.417 e. The number of ketones is 2. The van der Waals surface area contributed by atoms with Crippen molar-refractivity contribution in [2.75, 3.05) is 37.1 Å². The van der Waals surface area contributed by atoms with Crippen molar-refractivity contribution in [1.82, 2.24) is 9.97 Å². The summed E-state index contributed by atoms with van der Waals surface area (Å²) in [6, 6.07) is 12.3. The molecule has 13 nitrogen and oxygen atoms in total. The van der Waals surface area contributed by atoms with Crippen molar-refractivity contribution in [1.29, 1.82) is 0 Å². The van der Waals surface area contributed by atoms with Gasteiger partial charge in [0.2, 0.25) is 11.6 Å². The van der Waals surface area contributed by atoms with Gasteiger partial charge in [0.05, 0.1) is 77.7 Å². The Morgan fingerprint density at radius 1 is 0.629 bits per heavy atom. The number of hydrogen-bond donors (Lipinski definition) is 1. The van der Waals surface area contributed by atoms with Gasteiger partial charge in [-0.15, -0.1) is 12.4 Å². The van der Waals surface area contributed by atoms with Crippen LogP contribution >= 0.6 is 58.8 Å². The zero-order valence-electron chi connectivity index (χ0n) is 35.2. The van der Waals surface area contributed by atoms with E-state index >= 15 is 0 Å². The molecule has 70 heavy (non-hydrogen) atoms. The molecule has 2 aromatic heterocycles. The van der Waals surface area contributed by atoms with Crippen molar-refractivity contribution in [2.24, 2.45) is 0 Å². The third-order valence-corrected chi connectivity index (χ3v) is 13.2. The summed E-state index contributed by atoms with van der Waals surface area (Å²) in [5.41, 5.74) is -5.16. The van der Waals surface area contributed by atoms with Crippen LogP contribution in [0.4, 0.5) is 46.5 Å². The van der Waals surface area contributed by atoms with Gasteiger partial charge in [0, 0.05) is 19.5 Å². The molecule has 6 rings (SSSR count). The topological polar surface area (TPSA) is 171 Å². The maximum absolute atomic E-state index is 13.9. The van der Waals surface area contributed by atoms with Gasteiger partial charge in [-0.3, -0.25) is 14.3 Å². The van der Waals surface area contributed by atoms with Crippen LogP contribution in [0.1, 0.15) is 43.2 Å².